The Morgan fingerprint density at radius 1 is 1.24 bits per heavy atom. The molecule has 2 aromatic rings. The first-order chi connectivity index (χ1) is 9.86. The molecule has 1 aliphatic rings. The van der Waals surface area contributed by atoms with Gasteiger partial charge in [0.15, 0.2) is 5.69 Å². The second kappa shape index (κ2) is 4.87. The lowest BCUT2D eigenvalue weighted by atomic mass is 10.1. The Labute approximate surface area is 124 Å². The molecule has 0 N–H and O–H groups in total. The van der Waals surface area contributed by atoms with Gasteiger partial charge in [-0.2, -0.15) is 13.2 Å². The molecule has 1 unspecified atom stereocenters. The van der Waals surface area contributed by atoms with E-state index in [1.165, 1.54) is 0 Å². The number of nitrogens with zero attached hydrogens (tertiary/aromatic N) is 3. The molecule has 1 aromatic heterocycles. The predicted molar refractivity (Wildman–Crippen MR) is 73.8 cm³/mol. The fourth-order valence-corrected chi connectivity index (χ4v) is 2.77. The minimum Gasteiger partial charge on any atom is -0.323 e. The van der Waals surface area contributed by atoms with E-state index < -0.39 is 17.2 Å². The average molecular weight is 314 g/mol. The third kappa shape index (κ3) is 2.55. The van der Waals surface area contributed by atoms with Crippen molar-refractivity contribution in [3.63, 3.8) is 0 Å². The number of hydrogen-bond donors (Lipinski definition) is 0. The van der Waals surface area contributed by atoms with E-state index in [4.69, 9.17) is 11.6 Å². The topological polar surface area (TPSA) is 29.0 Å². The van der Waals surface area contributed by atoms with E-state index in [0.717, 1.165) is 23.7 Å². The van der Waals surface area contributed by atoms with Crippen LogP contribution in [0.25, 0.3) is 0 Å². The van der Waals surface area contributed by atoms with Gasteiger partial charge in [-0.15, -0.1) is 0 Å². The van der Waals surface area contributed by atoms with Crippen molar-refractivity contribution < 1.29 is 13.2 Å². The van der Waals surface area contributed by atoms with Crippen molar-refractivity contribution in [2.75, 3.05) is 4.90 Å². The highest BCUT2D eigenvalue weighted by molar-refractivity contribution is 6.28. The Morgan fingerprint density at radius 3 is 2.67 bits per heavy atom. The molecular weight excluding hydrogens is 303 g/mol. The maximum absolute atomic E-state index is 12.9. The molecule has 7 heteroatoms. The molecule has 0 spiro atoms. The summed E-state index contributed by atoms with van der Waals surface area (Å²) in [5.74, 6) is 0.166. The van der Waals surface area contributed by atoms with Crippen LogP contribution in [0.15, 0.2) is 30.3 Å². The number of benzene rings is 1. The van der Waals surface area contributed by atoms with E-state index in [0.29, 0.717) is 0 Å². The van der Waals surface area contributed by atoms with Crippen LogP contribution < -0.4 is 4.90 Å². The molecule has 1 atom stereocenters. The molecule has 2 heterocycles. The quantitative estimate of drug-likeness (QED) is 0.738. The number of rotatable bonds is 1. The summed E-state index contributed by atoms with van der Waals surface area (Å²) in [6.45, 7) is 1.93. The molecule has 21 heavy (non-hydrogen) atoms. The fraction of sp³-hybridized carbons (Fsp3) is 0.286. The average Bonchev–Trinajstić information content (AvgIpc) is 2.72. The van der Waals surface area contributed by atoms with Gasteiger partial charge >= 0.3 is 6.18 Å². The molecule has 1 aliphatic heterocycles. The summed E-state index contributed by atoms with van der Waals surface area (Å²) in [5, 5.41) is -0.406. The van der Waals surface area contributed by atoms with Crippen LogP contribution in [-0.2, 0) is 12.6 Å². The van der Waals surface area contributed by atoms with Crippen molar-refractivity contribution in [2.24, 2.45) is 0 Å². The minimum atomic E-state index is -4.55. The van der Waals surface area contributed by atoms with Crippen LogP contribution in [0.4, 0.5) is 24.7 Å². The zero-order valence-corrected chi connectivity index (χ0v) is 11.8. The number of fused-ring (bicyclic) bond motifs is 1. The lowest BCUT2D eigenvalue weighted by Gasteiger charge is -2.24. The van der Waals surface area contributed by atoms with Gasteiger partial charge in [0.1, 0.15) is 5.82 Å². The highest BCUT2D eigenvalue weighted by Crippen LogP contribution is 2.39. The molecule has 0 bridgehead atoms. The zero-order chi connectivity index (χ0) is 15.2. The third-order valence-electron chi connectivity index (χ3n) is 3.43. The van der Waals surface area contributed by atoms with E-state index in [-0.39, 0.29) is 11.9 Å². The normalized spacial score (nSPS) is 18.0. The van der Waals surface area contributed by atoms with Gasteiger partial charge in [-0.25, -0.2) is 9.97 Å². The summed E-state index contributed by atoms with van der Waals surface area (Å²) in [7, 11) is 0. The molecule has 1 aromatic carbocycles. The number of halogens is 4. The van der Waals surface area contributed by atoms with Crippen molar-refractivity contribution in [1.29, 1.82) is 0 Å². The monoisotopic (exact) mass is 313 g/mol. The number of alkyl halides is 3. The van der Waals surface area contributed by atoms with Crippen LogP contribution in [0.2, 0.25) is 5.28 Å². The third-order valence-corrected chi connectivity index (χ3v) is 3.60. The molecule has 0 saturated carbocycles. The van der Waals surface area contributed by atoms with Crippen molar-refractivity contribution in [2.45, 2.75) is 25.6 Å². The summed E-state index contributed by atoms with van der Waals surface area (Å²) in [4.78, 5) is 8.98. The number of para-hydroxylation sites is 1. The fourth-order valence-electron chi connectivity index (χ4n) is 2.59. The number of hydrogen-bond acceptors (Lipinski definition) is 3. The zero-order valence-electron chi connectivity index (χ0n) is 11.0. The van der Waals surface area contributed by atoms with E-state index in [1.807, 2.05) is 31.2 Å². The summed E-state index contributed by atoms with van der Waals surface area (Å²) in [6.07, 6.45) is -3.80. The minimum absolute atomic E-state index is 0.00875. The Morgan fingerprint density at radius 2 is 1.95 bits per heavy atom. The Hall–Kier alpha value is -1.82. The number of anilines is 2. The Balaban J connectivity index is 2.11. The maximum Gasteiger partial charge on any atom is 0.433 e. The molecule has 3 rings (SSSR count). The number of aromatic nitrogens is 2. The van der Waals surface area contributed by atoms with Gasteiger partial charge in [0, 0.05) is 17.8 Å². The van der Waals surface area contributed by atoms with Crippen molar-refractivity contribution in [1.82, 2.24) is 9.97 Å². The first-order valence-corrected chi connectivity index (χ1v) is 6.73. The van der Waals surface area contributed by atoms with Crippen LogP contribution in [0.5, 0.6) is 0 Å². The Bertz CT molecular complexity index is 687. The molecule has 0 saturated heterocycles. The molecule has 110 valence electrons. The summed E-state index contributed by atoms with van der Waals surface area (Å²) in [5.41, 5.74) is 0.898. The molecule has 3 nitrogen and oxygen atoms in total. The van der Waals surface area contributed by atoms with Crippen LogP contribution in [0, 0.1) is 0 Å². The van der Waals surface area contributed by atoms with Gasteiger partial charge in [0.25, 0.3) is 0 Å². The standard InChI is InChI=1S/C14H11ClF3N3/c1-8-6-9-4-2-3-5-10(9)21(8)12-7-11(14(16,17)18)19-13(15)20-12/h2-5,7-8H,6H2,1H3. The highest BCUT2D eigenvalue weighted by Gasteiger charge is 2.35. The Kier molecular flexibility index (Phi) is 3.28. The van der Waals surface area contributed by atoms with Gasteiger partial charge in [-0.3, -0.25) is 0 Å². The SMILES string of the molecule is CC1Cc2ccccc2N1c1cc(C(F)(F)F)nc(Cl)n1. The van der Waals surface area contributed by atoms with Gasteiger partial charge < -0.3 is 4.90 Å². The second-order valence-corrected chi connectivity index (χ2v) is 5.27. The lowest BCUT2D eigenvalue weighted by molar-refractivity contribution is -0.141. The first kappa shape index (κ1) is 14.1. The van der Waals surface area contributed by atoms with E-state index in [2.05, 4.69) is 9.97 Å². The summed E-state index contributed by atoms with van der Waals surface area (Å²) >= 11 is 5.66. The largest absolute Gasteiger partial charge is 0.433 e. The van der Waals surface area contributed by atoms with Crippen LogP contribution in [-0.4, -0.2) is 16.0 Å². The van der Waals surface area contributed by atoms with Gasteiger partial charge in [0.05, 0.1) is 0 Å². The first-order valence-electron chi connectivity index (χ1n) is 6.35. The van der Waals surface area contributed by atoms with Crippen LogP contribution in [0.3, 0.4) is 0 Å². The van der Waals surface area contributed by atoms with Gasteiger partial charge in [0.2, 0.25) is 5.28 Å². The summed E-state index contributed by atoms with van der Waals surface area (Å²) < 4.78 is 38.6. The predicted octanol–water partition coefficient (Wildman–Crippen LogP) is 4.23. The lowest BCUT2D eigenvalue weighted by Crippen LogP contribution is -2.25. The maximum atomic E-state index is 12.9. The summed E-state index contributed by atoms with van der Waals surface area (Å²) in [6, 6.07) is 8.52. The smallest absolute Gasteiger partial charge is 0.323 e. The van der Waals surface area contributed by atoms with Crippen molar-refractivity contribution in [3.05, 3.63) is 46.9 Å². The molecule has 0 aliphatic carbocycles. The van der Waals surface area contributed by atoms with Gasteiger partial charge in [-0.1, -0.05) is 18.2 Å². The van der Waals surface area contributed by atoms with E-state index in [9.17, 15) is 13.2 Å². The molecule has 0 fully saturated rings. The van der Waals surface area contributed by atoms with Crippen LogP contribution in [0.1, 0.15) is 18.2 Å². The van der Waals surface area contributed by atoms with Crippen molar-refractivity contribution >= 4 is 23.1 Å². The molecule has 0 radical (unpaired) electrons. The highest BCUT2D eigenvalue weighted by atomic mass is 35.5. The van der Waals surface area contributed by atoms with E-state index in [1.54, 1.807) is 4.90 Å². The van der Waals surface area contributed by atoms with Crippen molar-refractivity contribution in [3.8, 4) is 0 Å². The van der Waals surface area contributed by atoms with Gasteiger partial charge in [-0.05, 0) is 36.6 Å². The second-order valence-electron chi connectivity index (χ2n) is 4.93. The van der Waals surface area contributed by atoms with Crippen LogP contribution >= 0.6 is 11.6 Å². The van der Waals surface area contributed by atoms with E-state index >= 15 is 0 Å². The molecule has 0 amide bonds. The molecular formula is C14H11ClF3N3.